The highest BCUT2D eigenvalue weighted by Gasteiger charge is 2.80. The number of Topliss-reactive ketones (excluding diaryl/α,β-unsaturated/α-hetero) is 3. The number of fused-ring (bicyclic) bond motifs is 19. The van der Waals surface area contributed by atoms with Gasteiger partial charge < -0.3 is 53.6 Å². The molecule has 9 unspecified atom stereocenters. The predicted molar refractivity (Wildman–Crippen MR) is 364 cm³/mol. The van der Waals surface area contributed by atoms with E-state index in [0.717, 1.165) is 43.8 Å². The molecular weight excluding hydrogens is 1290 g/mol. The lowest BCUT2D eigenvalue weighted by atomic mass is 9.44. The molecule has 554 valence electrons. The molecule has 0 amide bonds. The van der Waals surface area contributed by atoms with Gasteiger partial charge in [-0.05, 0) is 216 Å². The minimum atomic E-state index is -2.22. The van der Waals surface area contributed by atoms with Crippen LogP contribution >= 0.6 is 0 Å². The van der Waals surface area contributed by atoms with E-state index in [0.29, 0.717) is 31.3 Å². The smallest absolute Gasteiger partial charge is 0.193 e. The molecule has 12 aliphatic carbocycles. The lowest BCUT2D eigenvalue weighted by molar-refractivity contribution is -0.227. The maximum atomic E-state index is 17.1. The van der Waals surface area contributed by atoms with Gasteiger partial charge in [0.1, 0.15) is 37.8 Å². The van der Waals surface area contributed by atoms with Gasteiger partial charge in [0.15, 0.2) is 63.6 Å². The number of alkyl halides is 3. The quantitative estimate of drug-likeness (QED) is 0.126. The van der Waals surface area contributed by atoms with E-state index in [1.54, 1.807) is 52.8 Å². The zero-order chi connectivity index (χ0) is 73.2. The minimum Gasteiger partial charge on any atom is -0.393 e. The molecule has 0 spiro atoms. The lowest BCUT2D eigenvalue weighted by Gasteiger charge is -2.63. The van der Waals surface area contributed by atoms with Crippen LogP contribution in [0.5, 0.6) is 0 Å². The molecule has 11 fully saturated rings. The van der Waals surface area contributed by atoms with Crippen molar-refractivity contribution < 1.29 is 95.5 Å². The predicted octanol–water partition coefficient (Wildman–Crippen LogP) is 11.1. The number of hydrogen-bond acceptors (Lipinski definition) is 17. The summed E-state index contributed by atoms with van der Waals surface area (Å²) in [5, 5.41) is 46.3. The van der Waals surface area contributed by atoms with Gasteiger partial charge in [0.05, 0.1) is 48.8 Å². The molecule has 0 bridgehead atoms. The summed E-state index contributed by atoms with van der Waals surface area (Å²) in [5.41, 5.74) is -9.67. The molecule has 0 radical (unpaired) electrons. The molecule has 2 heterocycles. The molecule has 0 aromatic heterocycles. The molecule has 0 aromatic rings. The van der Waals surface area contributed by atoms with E-state index in [-0.39, 0.29) is 133 Å². The Morgan fingerprint density at radius 1 is 0.590 bits per heavy atom. The maximum Gasteiger partial charge on any atom is 0.193 e. The average molecular weight is 1400 g/mol. The van der Waals surface area contributed by atoms with E-state index in [1.165, 1.54) is 24.3 Å². The highest BCUT2D eigenvalue weighted by Crippen LogP contribution is 2.74. The monoisotopic (exact) mass is 1400 g/mol. The van der Waals surface area contributed by atoms with Gasteiger partial charge in [-0.3, -0.25) is 28.8 Å². The number of aliphatic hydroxyl groups is 4. The van der Waals surface area contributed by atoms with Gasteiger partial charge in [-0.1, -0.05) is 78.7 Å². The summed E-state index contributed by atoms with van der Waals surface area (Å²) in [7, 11) is 0. The van der Waals surface area contributed by atoms with Gasteiger partial charge in [-0.2, -0.15) is 0 Å². The summed E-state index contributed by atoms with van der Waals surface area (Å²) in [6.45, 7) is 29.8. The molecule has 20 heteroatoms. The number of rotatable bonds is 14. The van der Waals surface area contributed by atoms with Crippen molar-refractivity contribution in [3.05, 3.63) is 71.4 Å². The number of ether oxygens (including phenoxy) is 7. The molecule has 17 nitrogen and oxygen atoms in total. The number of ketones is 6. The first-order valence-electron chi connectivity index (χ1n) is 37.3. The second-order valence-corrected chi connectivity index (χ2v) is 35.1. The minimum absolute atomic E-state index is 0.00166. The van der Waals surface area contributed by atoms with E-state index in [1.807, 2.05) is 61.5 Å². The molecule has 14 rings (SSSR count). The Hall–Kier alpha value is -4.19. The van der Waals surface area contributed by atoms with E-state index >= 15 is 13.2 Å². The summed E-state index contributed by atoms with van der Waals surface area (Å²) in [6.07, 6.45) is 12.4. The van der Waals surface area contributed by atoms with Crippen molar-refractivity contribution in [2.75, 3.05) is 19.8 Å². The van der Waals surface area contributed by atoms with Crippen LogP contribution in [0.1, 0.15) is 188 Å². The molecule has 2 saturated heterocycles. The topological polar surface area (TPSA) is 248 Å². The van der Waals surface area contributed by atoms with Crippen LogP contribution in [0.15, 0.2) is 71.4 Å². The zero-order valence-corrected chi connectivity index (χ0v) is 61.6. The van der Waals surface area contributed by atoms with Crippen LogP contribution in [0.4, 0.5) is 13.2 Å². The molecule has 9 saturated carbocycles. The van der Waals surface area contributed by atoms with Crippen molar-refractivity contribution in [3.8, 4) is 0 Å². The number of carbonyl (C=O) groups is 6. The third-order valence-corrected chi connectivity index (χ3v) is 28.4. The fraction of sp³-hybridized carbons (Fsp3) is 0.775. The maximum absolute atomic E-state index is 17.1. The van der Waals surface area contributed by atoms with Crippen LogP contribution < -0.4 is 0 Å². The van der Waals surface area contributed by atoms with Crippen molar-refractivity contribution in [2.45, 2.75) is 284 Å². The summed E-state index contributed by atoms with van der Waals surface area (Å²) in [6, 6.07) is 0. The van der Waals surface area contributed by atoms with E-state index in [9.17, 15) is 49.2 Å². The van der Waals surface area contributed by atoms with Crippen LogP contribution in [0.3, 0.4) is 0 Å². The highest BCUT2D eigenvalue weighted by molar-refractivity contribution is 6.02. The standard InChI is InChI=1S/C28H40O6.C27H37FO6.C25H34F2O5/c1-6-7-24-33-23-13-20-19-9-8-17-12-18(29)10-11-26(17,4)25(19)21(30)14-27(20,5)28(23,34-24)22(31)15-32-16(2)3;1-14(2)32-13-21(31)27-22(33-24(3,4)34-27)11-17-16-10-19(28)18-9-15(29)7-8-25(18,5)23(16)20(30)12-26(17,27)6;1-13(2)32-12-21(30)25(31)14(3)8-16-17-10-19(26)18-9-15(28)6-7-22(18,4)24(17,27)20(29)11-23(16,25)5/h10-12,16,19-21,23-25,30H,6-9,13-15H2,1-5H3;7-9,14,16-17,19-20,22-23,30H,10-13H2,1-6H3;6-7,9,13-14,16-17,19-20,29,31H,8,10-12H2,1-5H3/t19?,20?,21-,23+,24?,25?,26-,27-,28+;16?,17?,19-,20-,22+,23?,25-,26-,27+;14-,16?,17?,19+,20+,22+,23+,24+,25+/m001/s1. The van der Waals surface area contributed by atoms with Gasteiger partial charge >= 0.3 is 0 Å². The number of aliphatic hydroxyl groups excluding tert-OH is 3. The fourth-order valence-electron chi connectivity index (χ4n) is 24.1. The molecule has 0 aromatic carbocycles. The Kier molecular flexibility index (Phi) is 19.5. The Morgan fingerprint density at radius 2 is 1.10 bits per heavy atom. The van der Waals surface area contributed by atoms with Gasteiger partial charge in [0, 0.05) is 50.2 Å². The average Bonchev–Trinajstić information content (AvgIpc) is 1.45. The lowest BCUT2D eigenvalue weighted by Crippen LogP contribution is -2.70. The van der Waals surface area contributed by atoms with Gasteiger partial charge in [-0.25, -0.2) is 13.2 Å². The SMILES string of the molecule is CC(C)OCC(=O)[C@@]1(O)[C@H](C)CC2C3C[C@H](F)C4=CC(=O)C=C[C@]4(C)[C@@]3(F)[C@@H](O)C[C@@]21C.CC(C)OCC(=O)[C@@]12OC(C)(C)O[C@@H]1CC1C3C[C@H](F)C4=CC(=O)C=C[C@]4(C)C3[C@@H](O)C[C@@]12C.CCCC1O[C@@H]2CC3C4CCC5=CC(=O)C=C[C@]5(C)C4[C@@H](O)C[C@]3(C)[C@]2(C(=O)COC(C)C)O1. The van der Waals surface area contributed by atoms with Crippen LogP contribution in [0, 0.1) is 85.8 Å². The zero-order valence-electron chi connectivity index (χ0n) is 61.6. The third-order valence-electron chi connectivity index (χ3n) is 28.4. The molecule has 27 atom stereocenters. The fourth-order valence-corrected chi connectivity index (χ4v) is 24.1. The molecular formula is C80H111F3O17. The van der Waals surface area contributed by atoms with Crippen LogP contribution in [-0.2, 0) is 61.9 Å². The second kappa shape index (κ2) is 25.8. The van der Waals surface area contributed by atoms with E-state index in [2.05, 4.69) is 20.8 Å². The number of halogens is 3. The van der Waals surface area contributed by atoms with Crippen molar-refractivity contribution in [3.63, 3.8) is 0 Å². The van der Waals surface area contributed by atoms with Crippen molar-refractivity contribution in [1.29, 1.82) is 0 Å². The van der Waals surface area contributed by atoms with Crippen LogP contribution in [-0.4, -0.2) is 171 Å². The van der Waals surface area contributed by atoms with Crippen molar-refractivity contribution in [2.24, 2.45) is 85.8 Å². The Bertz CT molecular complexity index is 3500. The van der Waals surface area contributed by atoms with Crippen LogP contribution in [0.25, 0.3) is 0 Å². The van der Waals surface area contributed by atoms with Crippen molar-refractivity contribution in [1.82, 2.24) is 0 Å². The molecule has 4 N–H and O–H groups in total. The molecule has 2 aliphatic heterocycles. The normalized spacial score (nSPS) is 48.6. The second-order valence-electron chi connectivity index (χ2n) is 35.1. The largest absolute Gasteiger partial charge is 0.393 e. The summed E-state index contributed by atoms with van der Waals surface area (Å²) in [4.78, 5) is 76.9. The van der Waals surface area contributed by atoms with E-state index in [4.69, 9.17) is 33.2 Å². The van der Waals surface area contributed by atoms with E-state index < -0.39 is 128 Å². The Balaban J connectivity index is 0.000000142. The first-order chi connectivity index (χ1) is 46.5. The molecule has 100 heavy (non-hydrogen) atoms. The number of allylic oxidation sites excluding steroid dienone is 12. The number of carbonyl (C=O) groups excluding carboxylic acids is 6. The first-order valence-corrected chi connectivity index (χ1v) is 37.3. The third kappa shape index (κ3) is 10.9. The van der Waals surface area contributed by atoms with Crippen LogP contribution in [0.2, 0.25) is 0 Å². The van der Waals surface area contributed by atoms with Crippen molar-refractivity contribution >= 4 is 34.7 Å². The Labute approximate surface area is 588 Å². The first kappa shape index (κ1) is 75.5. The van der Waals surface area contributed by atoms with Gasteiger partial charge in [0.25, 0.3) is 0 Å². The highest BCUT2D eigenvalue weighted by atomic mass is 19.1. The summed E-state index contributed by atoms with van der Waals surface area (Å²) < 4.78 is 90.9. The van der Waals surface area contributed by atoms with Gasteiger partial charge in [0.2, 0.25) is 0 Å². The molecule has 14 aliphatic rings. The number of hydrogen-bond donors (Lipinski definition) is 4. The summed E-state index contributed by atoms with van der Waals surface area (Å²) >= 11 is 0. The Morgan fingerprint density at radius 3 is 1.70 bits per heavy atom. The van der Waals surface area contributed by atoms with Gasteiger partial charge in [-0.15, -0.1) is 0 Å². The summed E-state index contributed by atoms with van der Waals surface area (Å²) in [5.74, 6) is -4.21.